The fourth-order valence-electron chi connectivity index (χ4n) is 1.81. The molecule has 1 atom stereocenters. The molecule has 0 spiro atoms. The van der Waals surface area contributed by atoms with E-state index in [1.165, 1.54) is 31.3 Å². The van der Waals surface area contributed by atoms with Crippen LogP contribution in [0.1, 0.15) is 18.4 Å². The fourth-order valence-corrected chi connectivity index (χ4v) is 4.13. The number of sulfonamides is 1. The summed E-state index contributed by atoms with van der Waals surface area (Å²) in [5.74, 6) is 0. The zero-order valence-electron chi connectivity index (χ0n) is 12.3. The first kappa shape index (κ1) is 16.9. The summed E-state index contributed by atoms with van der Waals surface area (Å²) < 4.78 is 37.4. The standard InChI is InChI=1S/C13H22N2O4S2/c1-18-8-12(19-2)7-15-21(16,17)13-5-10(9-20-13)6-14-11-3-4-11/h5,9,11-12,14-15H,3-4,6-8H2,1-2H3. The van der Waals surface area contributed by atoms with E-state index in [1.807, 2.05) is 5.38 Å². The summed E-state index contributed by atoms with van der Waals surface area (Å²) in [4.78, 5) is 0. The Balaban J connectivity index is 1.88. The van der Waals surface area contributed by atoms with E-state index in [2.05, 4.69) is 10.0 Å². The number of nitrogens with one attached hydrogen (secondary N) is 2. The molecule has 1 saturated carbocycles. The van der Waals surface area contributed by atoms with Crippen molar-refractivity contribution in [2.75, 3.05) is 27.4 Å². The summed E-state index contributed by atoms with van der Waals surface area (Å²) in [6.07, 6.45) is 2.14. The van der Waals surface area contributed by atoms with Crippen LogP contribution in [0.2, 0.25) is 0 Å². The van der Waals surface area contributed by atoms with Crippen LogP contribution in [-0.4, -0.2) is 47.9 Å². The van der Waals surface area contributed by atoms with Crippen molar-refractivity contribution in [3.63, 3.8) is 0 Å². The maximum atomic E-state index is 12.2. The van der Waals surface area contributed by atoms with Gasteiger partial charge in [-0.2, -0.15) is 0 Å². The summed E-state index contributed by atoms with van der Waals surface area (Å²) in [6.45, 7) is 1.27. The number of hydrogen-bond acceptors (Lipinski definition) is 6. The van der Waals surface area contributed by atoms with Gasteiger partial charge in [-0.05, 0) is 29.9 Å². The summed E-state index contributed by atoms with van der Waals surface area (Å²) in [5.41, 5.74) is 1.01. The zero-order valence-corrected chi connectivity index (χ0v) is 13.9. The molecule has 1 aromatic heterocycles. The van der Waals surface area contributed by atoms with Crippen molar-refractivity contribution in [1.29, 1.82) is 0 Å². The second-order valence-electron chi connectivity index (χ2n) is 5.09. The lowest BCUT2D eigenvalue weighted by Crippen LogP contribution is -2.35. The first-order valence-corrected chi connectivity index (χ1v) is 9.23. The van der Waals surface area contributed by atoms with Crippen molar-refractivity contribution in [2.24, 2.45) is 0 Å². The number of thiophene rings is 1. The van der Waals surface area contributed by atoms with E-state index in [0.29, 0.717) is 16.9 Å². The highest BCUT2D eigenvalue weighted by molar-refractivity contribution is 7.91. The van der Waals surface area contributed by atoms with E-state index >= 15 is 0 Å². The molecule has 120 valence electrons. The van der Waals surface area contributed by atoms with E-state index in [1.54, 1.807) is 13.2 Å². The molecule has 0 radical (unpaired) electrons. The molecule has 0 saturated heterocycles. The molecule has 1 fully saturated rings. The van der Waals surface area contributed by atoms with Crippen LogP contribution < -0.4 is 10.0 Å². The predicted octanol–water partition coefficient (Wildman–Crippen LogP) is 0.940. The molecule has 2 rings (SSSR count). The molecular formula is C13H22N2O4S2. The van der Waals surface area contributed by atoms with Gasteiger partial charge in [-0.15, -0.1) is 11.3 Å². The lowest BCUT2D eigenvalue weighted by Gasteiger charge is -2.14. The topological polar surface area (TPSA) is 76.7 Å². The zero-order chi connectivity index (χ0) is 15.3. The van der Waals surface area contributed by atoms with Crippen LogP contribution in [0.3, 0.4) is 0 Å². The van der Waals surface area contributed by atoms with Crippen molar-refractivity contribution < 1.29 is 17.9 Å². The van der Waals surface area contributed by atoms with Gasteiger partial charge in [0, 0.05) is 33.4 Å². The summed E-state index contributed by atoms with van der Waals surface area (Å²) in [7, 11) is -0.394. The third-order valence-electron chi connectivity index (χ3n) is 3.25. The van der Waals surface area contributed by atoms with Gasteiger partial charge in [-0.1, -0.05) is 0 Å². The molecular weight excluding hydrogens is 312 g/mol. The van der Waals surface area contributed by atoms with Crippen LogP contribution in [0.25, 0.3) is 0 Å². The first-order chi connectivity index (χ1) is 10.0. The Morgan fingerprint density at radius 1 is 1.43 bits per heavy atom. The number of hydrogen-bond donors (Lipinski definition) is 2. The summed E-state index contributed by atoms with van der Waals surface area (Å²) in [6, 6.07) is 2.33. The van der Waals surface area contributed by atoms with E-state index in [4.69, 9.17) is 9.47 Å². The molecule has 1 aliphatic rings. The van der Waals surface area contributed by atoms with Crippen LogP contribution >= 0.6 is 11.3 Å². The number of ether oxygens (including phenoxy) is 2. The Labute approximate surface area is 129 Å². The Bertz CT molecular complexity index is 540. The molecule has 0 aliphatic heterocycles. The van der Waals surface area contributed by atoms with Gasteiger partial charge in [0.05, 0.1) is 12.7 Å². The Kier molecular flexibility index (Phi) is 6.15. The Morgan fingerprint density at radius 3 is 2.81 bits per heavy atom. The highest BCUT2D eigenvalue weighted by Crippen LogP contribution is 2.23. The van der Waals surface area contributed by atoms with Crippen molar-refractivity contribution in [3.8, 4) is 0 Å². The normalized spacial score (nSPS) is 17.0. The molecule has 0 aromatic carbocycles. The molecule has 8 heteroatoms. The molecule has 1 aliphatic carbocycles. The average Bonchev–Trinajstić information content (AvgIpc) is 3.17. The maximum absolute atomic E-state index is 12.2. The molecule has 1 aromatic rings. The van der Waals surface area contributed by atoms with Crippen LogP contribution in [0.15, 0.2) is 15.7 Å². The minimum Gasteiger partial charge on any atom is -0.382 e. The van der Waals surface area contributed by atoms with Gasteiger partial charge in [-0.3, -0.25) is 0 Å². The predicted molar refractivity (Wildman–Crippen MR) is 82.0 cm³/mol. The van der Waals surface area contributed by atoms with Gasteiger partial charge in [-0.25, -0.2) is 13.1 Å². The first-order valence-electron chi connectivity index (χ1n) is 6.87. The smallest absolute Gasteiger partial charge is 0.250 e. The molecule has 0 bridgehead atoms. The summed E-state index contributed by atoms with van der Waals surface area (Å²) >= 11 is 1.24. The fraction of sp³-hybridized carbons (Fsp3) is 0.692. The highest BCUT2D eigenvalue weighted by atomic mass is 32.2. The minimum absolute atomic E-state index is 0.195. The van der Waals surface area contributed by atoms with Crippen molar-refractivity contribution >= 4 is 21.4 Å². The quantitative estimate of drug-likeness (QED) is 0.666. The lowest BCUT2D eigenvalue weighted by atomic mass is 10.3. The largest absolute Gasteiger partial charge is 0.382 e. The van der Waals surface area contributed by atoms with E-state index < -0.39 is 10.0 Å². The molecule has 6 nitrogen and oxygen atoms in total. The van der Waals surface area contributed by atoms with Crippen LogP contribution in [0, 0.1) is 0 Å². The summed E-state index contributed by atoms with van der Waals surface area (Å²) in [5, 5.41) is 5.25. The highest BCUT2D eigenvalue weighted by Gasteiger charge is 2.22. The van der Waals surface area contributed by atoms with Crippen LogP contribution in [0.4, 0.5) is 0 Å². The minimum atomic E-state index is -3.48. The second-order valence-corrected chi connectivity index (χ2v) is 8.00. The van der Waals surface area contributed by atoms with Crippen molar-refractivity contribution in [3.05, 3.63) is 17.0 Å². The third kappa shape index (κ3) is 5.32. The third-order valence-corrected chi connectivity index (χ3v) is 6.17. The van der Waals surface area contributed by atoms with Gasteiger partial charge >= 0.3 is 0 Å². The van der Waals surface area contributed by atoms with Crippen molar-refractivity contribution in [2.45, 2.75) is 35.7 Å². The van der Waals surface area contributed by atoms with Gasteiger partial charge in [0.25, 0.3) is 0 Å². The molecule has 21 heavy (non-hydrogen) atoms. The molecule has 1 unspecified atom stereocenters. The van der Waals surface area contributed by atoms with Crippen molar-refractivity contribution in [1.82, 2.24) is 10.0 Å². The van der Waals surface area contributed by atoms with Crippen LogP contribution in [0.5, 0.6) is 0 Å². The molecule has 1 heterocycles. The van der Waals surface area contributed by atoms with Crippen LogP contribution in [-0.2, 0) is 26.0 Å². The average molecular weight is 334 g/mol. The Hall–Kier alpha value is -0.510. The Morgan fingerprint density at radius 2 is 2.19 bits per heavy atom. The SMILES string of the molecule is COCC(CNS(=O)(=O)c1cc(CNC2CC2)cs1)OC. The van der Waals surface area contributed by atoms with Gasteiger partial charge in [0.15, 0.2) is 0 Å². The van der Waals surface area contributed by atoms with Gasteiger partial charge < -0.3 is 14.8 Å². The monoisotopic (exact) mass is 334 g/mol. The number of rotatable bonds is 10. The van der Waals surface area contributed by atoms with Gasteiger partial charge in [0.2, 0.25) is 10.0 Å². The van der Waals surface area contributed by atoms with Gasteiger partial charge in [0.1, 0.15) is 4.21 Å². The van der Waals surface area contributed by atoms with E-state index in [-0.39, 0.29) is 12.6 Å². The molecule has 0 amide bonds. The second kappa shape index (κ2) is 7.66. The van der Waals surface area contributed by atoms with E-state index in [9.17, 15) is 8.42 Å². The lowest BCUT2D eigenvalue weighted by molar-refractivity contribution is 0.0320. The molecule has 2 N–H and O–H groups in total. The number of methoxy groups -OCH3 is 2. The maximum Gasteiger partial charge on any atom is 0.250 e. The van der Waals surface area contributed by atoms with E-state index in [0.717, 1.165) is 12.1 Å².